The Morgan fingerprint density at radius 2 is 1.87 bits per heavy atom. The van der Waals surface area contributed by atoms with Crippen LogP contribution in [0.25, 0.3) is 0 Å². The van der Waals surface area contributed by atoms with E-state index in [0.29, 0.717) is 37.8 Å². The number of halogens is 1. The number of benzene rings is 1. The summed E-state index contributed by atoms with van der Waals surface area (Å²) < 4.78 is 32.5. The fraction of sp³-hybridized carbons (Fsp3) is 0.553. The van der Waals surface area contributed by atoms with Gasteiger partial charge in [0.1, 0.15) is 41.9 Å². The van der Waals surface area contributed by atoms with Gasteiger partial charge in [0.05, 0.1) is 11.8 Å². The highest BCUT2D eigenvalue weighted by Crippen LogP contribution is 2.36. The number of likely N-dealkylation sites (N-methyl/N-ethyl adjacent to an activating group) is 1. The summed E-state index contributed by atoms with van der Waals surface area (Å²) in [6, 6.07) is 5.94. The van der Waals surface area contributed by atoms with Crippen LogP contribution in [0.3, 0.4) is 0 Å². The minimum atomic E-state index is -0.505. The van der Waals surface area contributed by atoms with Gasteiger partial charge in [-0.2, -0.15) is 0 Å². The molecule has 3 saturated heterocycles. The van der Waals surface area contributed by atoms with Gasteiger partial charge in [0.25, 0.3) is 5.91 Å². The zero-order chi connectivity index (χ0) is 36.4. The molecule has 1 spiro atoms. The third kappa shape index (κ3) is 7.36. The normalized spacial score (nSPS) is 19.1. The molecular formula is C38H49FN8O5. The average molecular weight is 717 g/mol. The van der Waals surface area contributed by atoms with Crippen LogP contribution in [0, 0.1) is 5.82 Å². The smallest absolute Gasteiger partial charge is 0.410 e. The summed E-state index contributed by atoms with van der Waals surface area (Å²) in [5.41, 5.74) is 2.31. The first kappa shape index (κ1) is 35.8. The standard InChI is InChI=1S/C38H49FN8O5/c1-5-47(26(2)3)36(48)29-19-27(39)7-8-32(29)52-34-20-40-25-42-35(34)46-17-10-28(11-18-46)51-33-9-13-41-31-12-16-44(21-30(31)33)14-6-15-45-22-38(23-45)24-50-37(49)43(38)4/h7-9,13,19-20,25-26,28H,5-6,10-12,14-18,21-24H2,1-4H3. The maximum absolute atomic E-state index is 14.4. The molecule has 13 nitrogen and oxygen atoms in total. The fourth-order valence-electron chi connectivity index (χ4n) is 7.88. The first-order valence-electron chi connectivity index (χ1n) is 18.5. The molecule has 0 atom stereocenters. The summed E-state index contributed by atoms with van der Waals surface area (Å²) in [6.07, 6.45) is 8.27. The van der Waals surface area contributed by atoms with Crippen LogP contribution < -0.4 is 14.4 Å². The molecule has 7 rings (SSSR count). The number of ether oxygens (including phenoxy) is 3. The first-order chi connectivity index (χ1) is 25.1. The van der Waals surface area contributed by atoms with Gasteiger partial charge in [-0.1, -0.05) is 0 Å². The number of anilines is 1. The summed E-state index contributed by atoms with van der Waals surface area (Å²) in [5, 5.41) is 0. The van der Waals surface area contributed by atoms with Crippen molar-refractivity contribution in [3.63, 3.8) is 0 Å². The Balaban J connectivity index is 0.939. The molecule has 2 amide bonds. The van der Waals surface area contributed by atoms with E-state index in [1.807, 2.05) is 40.1 Å². The minimum absolute atomic E-state index is 0.0324. The van der Waals surface area contributed by atoms with Gasteiger partial charge < -0.3 is 24.0 Å². The summed E-state index contributed by atoms with van der Waals surface area (Å²) in [7, 11) is 1.84. The number of carbonyl (C=O) groups excluding carboxylic acids is 2. The van der Waals surface area contributed by atoms with E-state index in [9.17, 15) is 14.0 Å². The fourth-order valence-corrected chi connectivity index (χ4v) is 7.88. The van der Waals surface area contributed by atoms with Crippen molar-refractivity contribution in [2.75, 3.05) is 70.9 Å². The van der Waals surface area contributed by atoms with E-state index >= 15 is 0 Å². The lowest BCUT2D eigenvalue weighted by molar-refractivity contribution is -0.00555. The molecule has 0 aliphatic carbocycles. The Morgan fingerprint density at radius 3 is 2.60 bits per heavy atom. The number of pyridine rings is 1. The summed E-state index contributed by atoms with van der Waals surface area (Å²) in [4.78, 5) is 49.1. The van der Waals surface area contributed by atoms with Gasteiger partial charge >= 0.3 is 6.09 Å². The van der Waals surface area contributed by atoms with Crippen molar-refractivity contribution in [1.29, 1.82) is 0 Å². The number of piperidine rings is 1. The number of nitrogens with zero attached hydrogens (tertiary/aromatic N) is 8. The molecule has 6 heterocycles. The lowest BCUT2D eigenvalue weighted by Gasteiger charge is -2.49. The molecule has 278 valence electrons. The maximum atomic E-state index is 14.4. The molecule has 4 aliphatic rings. The van der Waals surface area contributed by atoms with E-state index < -0.39 is 5.82 Å². The monoisotopic (exact) mass is 716 g/mol. The highest BCUT2D eigenvalue weighted by molar-refractivity contribution is 5.97. The molecule has 2 aromatic heterocycles. The van der Waals surface area contributed by atoms with Crippen LogP contribution in [0.4, 0.5) is 15.0 Å². The van der Waals surface area contributed by atoms with Crippen molar-refractivity contribution < 1.29 is 28.2 Å². The number of aromatic nitrogens is 3. The zero-order valence-corrected chi connectivity index (χ0v) is 30.6. The van der Waals surface area contributed by atoms with Crippen molar-refractivity contribution in [3.8, 4) is 17.2 Å². The SMILES string of the molecule is CCN(C(=O)c1cc(F)ccc1Oc1cncnc1N1CCC(Oc2ccnc3c2CN(CCCN2CC4(COC(=O)N4C)C2)CC3)CC1)C(C)C. The van der Waals surface area contributed by atoms with Gasteiger partial charge in [-0.15, -0.1) is 0 Å². The van der Waals surface area contributed by atoms with Gasteiger partial charge in [0, 0.05) is 95.6 Å². The number of carbonyl (C=O) groups is 2. The third-order valence-electron chi connectivity index (χ3n) is 10.9. The van der Waals surface area contributed by atoms with Crippen LogP contribution in [0.1, 0.15) is 61.6 Å². The molecule has 3 aromatic rings. The molecule has 0 N–H and O–H groups in total. The second-order valence-electron chi connectivity index (χ2n) is 14.6. The van der Waals surface area contributed by atoms with E-state index in [4.69, 9.17) is 19.2 Å². The molecule has 14 heteroatoms. The maximum Gasteiger partial charge on any atom is 0.410 e. The van der Waals surface area contributed by atoms with Gasteiger partial charge in [-0.25, -0.2) is 19.2 Å². The Hall–Kier alpha value is -4.56. The van der Waals surface area contributed by atoms with Crippen LogP contribution in [-0.4, -0.2) is 130 Å². The number of cyclic esters (lactones) is 1. The first-order valence-corrected chi connectivity index (χ1v) is 18.5. The molecular weight excluding hydrogens is 667 g/mol. The molecule has 52 heavy (non-hydrogen) atoms. The molecule has 0 radical (unpaired) electrons. The zero-order valence-electron chi connectivity index (χ0n) is 30.6. The van der Waals surface area contributed by atoms with E-state index in [1.54, 1.807) is 16.0 Å². The highest BCUT2D eigenvalue weighted by atomic mass is 19.1. The molecule has 3 fully saturated rings. The van der Waals surface area contributed by atoms with Crippen LogP contribution in [0.5, 0.6) is 17.2 Å². The second-order valence-corrected chi connectivity index (χ2v) is 14.6. The predicted octanol–water partition coefficient (Wildman–Crippen LogP) is 4.61. The lowest BCUT2D eigenvalue weighted by atomic mass is 9.90. The summed E-state index contributed by atoms with van der Waals surface area (Å²) in [5.74, 6) is 1.40. The highest BCUT2D eigenvalue weighted by Gasteiger charge is 2.53. The van der Waals surface area contributed by atoms with Crippen LogP contribution in [0.15, 0.2) is 43.0 Å². The molecule has 4 aliphatic heterocycles. The van der Waals surface area contributed by atoms with Gasteiger partial charge in [-0.3, -0.25) is 24.5 Å². The number of hydrogen-bond donors (Lipinski definition) is 0. The van der Waals surface area contributed by atoms with Gasteiger partial charge in [-0.05, 0) is 64.5 Å². The number of fused-ring (bicyclic) bond motifs is 1. The van der Waals surface area contributed by atoms with Crippen molar-refractivity contribution >= 4 is 17.8 Å². The van der Waals surface area contributed by atoms with Gasteiger partial charge in [0.2, 0.25) is 0 Å². The Morgan fingerprint density at radius 1 is 1.08 bits per heavy atom. The molecule has 0 unspecified atom stereocenters. The summed E-state index contributed by atoms with van der Waals surface area (Å²) in [6.45, 7) is 13.6. The minimum Gasteiger partial charge on any atom is -0.490 e. The largest absolute Gasteiger partial charge is 0.490 e. The Kier molecular flexibility index (Phi) is 10.5. The number of likely N-dealkylation sites (tertiary alicyclic amines) is 1. The lowest BCUT2D eigenvalue weighted by Crippen LogP contribution is -2.68. The van der Waals surface area contributed by atoms with Crippen molar-refractivity contribution in [1.82, 2.24) is 34.6 Å². The molecule has 0 bridgehead atoms. The van der Waals surface area contributed by atoms with Crippen LogP contribution >= 0.6 is 0 Å². The molecule has 0 saturated carbocycles. The van der Waals surface area contributed by atoms with E-state index in [1.165, 1.54) is 30.1 Å². The average Bonchev–Trinajstić information content (AvgIpc) is 3.43. The van der Waals surface area contributed by atoms with E-state index in [-0.39, 0.29) is 41.0 Å². The van der Waals surface area contributed by atoms with E-state index in [0.717, 1.165) is 76.4 Å². The van der Waals surface area contributed by atoms with E-state index in [2.05, 4.69) is 24.7 Å². The second kappa shape index (κ2) is 15.2. The van der Waals surface area contributed by atoms with Crippen LogP contribution in [0.2, 0.25) is 0 Å². The summed E-state index contributed by atoms with van der Waals surface area (Å²) >= 11 is 0. The van der Waals surface area contributed by atoms with Gasteiger partial charge in [0.15, 0.2) is 11.6 Å². The predicted molar refractivity (Wildman–Crippen MR) is 192 cm³/mol. The number of hydrogen-bond acceptors (Lipinski definition) is 11. The third-order valence-corrected chi connectivity index (χ3v) is 10.9. The topological polar surface area (TPSA) is 117 Å². The van der Waals surface area contributed by atoms with Crippen molar-refractivity contribution in [3.05, 3.63) is 65.6 Å². The molecule has 1 aromatic carbocycles. The van der Waals surface area contributed by atoms with Crippen LogP contribution in [-0.2, 0) is 17.7 Å². The van der Waals surface area contributed by atoms with Crippen molar-refractivity contribution in [2.24, 2.45) is 0 Å². The Labute approximate surface area is 304 Å². The Bertz CT molecular complexity index is 1760. The number of rotatable bonds is 12. The number of amides is 2. The quantitative estimate of drug-likeness (QED) is 0.262. The van der Waals surface area contributed by atoms with Crippen molar-refractivity contribution in [2.45, 2.75) is 70.7 Å².